The highest BCUT2D eigenvalue weighted by Crippen LogP contribution is 2.24. The summed E-state index contributed by atoms with van der Waals surface area (Å²) in [6.45, 7) is 5.08. The van der Waals surface area contributed by atoms with Crippen LogP contribution in [-0.4, -0.2) is 43.4 Å². The van der Waals surface area contributed by atoms with Gasteiger partial charge in [-0.1, -0.05) is 19.3 Å². The molecule has 0 unspecified atom stereocenters. The van der Waals surface area contributed by atoms with Crippen molar-refractivity contribution in [1.29, 1.82) is 0 Å². The average Bonchev–Trinajstić information content (AvgIpc) is 2.26. The van der Waals surface area contributed by atoms with E-state index in [4.69, 9.17) is 4.74 Å². The minimum atomic E-state index is -4.58. The predicted octanol–water partition coefficient (Wildman–Crippen LogP) is 2.86. The molecule has 0 aromatic carbocycles. The van der Waals surface area contributed by atoms with Gasteiger partial charge in [-0.2, -0.15) is 8.42 Å². The second kappa shape index (κ2) is 6.74. The van der Waals surface area contributed by atoms with Crippen molar-refractivity contribution in [2.24, 2.45) is 0 Å². The highest BCUT2D eigenvalue weighted by molar-refractivity contribution is 7.86. The van der Waals surface area contributed by atoms with Crippen LogP contribution in [0.25, 0.3) is 0 Å². The van der Waals surface area contributed by atoms with Crippen molar-refractivity contribution in [3.8, 4) is 0 Å². The lowest BCUT2D eigenvalue weighted by Crippen LogP contribution is -2.46. The van der Waals surface area contributed by atoms with Crippen molar-refractivity contribution in [2.45, 2.75) is 64.5 Å². The van der Waals surface area contributed by atoms with Crippen molar-refractivity contribution in [2.75, 3.05) is 12.3 Å². The van der Waals surface area contributed by atoms with Crippen LogP contribution in [0.3, 0.4) is 0 Å². The molecule has 0 radical (unpaired) electrons. The number of rotatable bonds is 4. The van der Waals surface area contributed by atoms with Crippen LogP contribution in [0.2, 0.25) is 0 Å². The van der Waals surface area contributed by atoms with Crippen LogP contribution in [-0.2, 0) is 15.0 Å². The van der Waals surface area contributed by atoms with Crippen LogP contribution in [0.15, 0.2) is 0 Å². The number of halogens is 1. The first-order valence-corrected chi connectivity index (χ1v) is 8.56. The molecule has 1 rings (SSSR count). The third-order valence-electron chi connectivity index (χ3n) is 3.22. The number of amides is 1. The summed E-state index contributed by atoms with van der Waals surface area (Å²) in [6.07, 6.45) is 4.16. The monoisotopic (exact) mass is 309 g/mol. The molecule has 0 heterocycles. The first kappa shape index (κ1) is 17.2. The largest absolute Gasteiger partial charge is 0.444 e. The topological polar surface area (TPSA) is 63.7 Å². The lowest BCUT2D eigenvalue weighted by molar-refractivity contribution is 0.0137. The van der Waals surface area contributed by atoms with Gasteiger partial charge < -0.3 is 9.64 Å². The summed E-state index contributed by atoms with van der Waals surface area (Å²) in [5, 5.41) is 0. The molecule has 0 aromatic rings. The molecular weight excluding hydrogens is 285 g/mol. The Balaban J connectivity index is 2.74. The van der Waals surface area contributed by atoms with Crippen molar-refractivity contribution >= 4 is 16.3 Å². The highest BCUT2D eigenvalue weighted by atomic mass is 32.3. The lowest BCUT2D eigenvalue weighted by atomic mass is 9.94. The average molecular weight is 309 g/mol. The Morgan fingerprint density at radius 1 is 1.25 bits per heavy atom. The number of ether oxygens (including phenoxy) is 1. The molecule has 1 aliphatic carbocycles. The first-order chi connectivity index (χ1) is 9.08. The van der Waals surface area contributed by atoms with Gasteiger partial charge >= 0.3 is 16.3 Å². The Labute approximate surface area is 120 Å². The molecule has 5 nitrogen and oxygen atoms in total. The van der Waals surface area contributed by atoms with Crippen LogP contribution >= 0.6 is 0 Å². The van der Waals surface area contributed by atoms with Gasteiger partial charge in [0, 0.05) is 12.6 Å². The molecule has 118 valence electrons. The smallest absolute Gasteiger partial charge is 0.410 e. The van der Waals surface area contributed by atoms with E-state index in [2.05, 4.69) is 0 Å². The molecule has 7 heteroatoms. The third kappa shape index (κ3) is 6.54. The maximum Gasteiger partial charge on any atom is 0.410 e. The highest BCUT2D eigenvalue weighted by Gasteiger charge is 2.30. The van der Waals surface area contributed by atoms with Crippen molar-refractivity contribution in [3.05, 3.63) is 0 Å². The van der Waals surface area contributed by atoms with Crippen LogP contribution in [0.5, 0.6) is 0 Å². The van der Waals surface area contributed by atoms with E-state index < -0.39 is 27.7 Å². The van der Waals surface area contributed by atoms with Gasteiger partial charge in [0.05, 0.1) is 5.75 Å². The van der Waals surface area contributed by atoms with Crippen molar-refractivity contribution in [1.82, 2.24) is 4.90 Å². The Morgan fingerprint density at radius 3 is 2.25 bits per heavy atom. The van der Waals surface area contributed by atoms with E-state index >= 15 is 0 Å². The molecule has 0 aromatic heterocycles. The molecular formula is C13H24FNO4S. The minimum absolute atomic E-state index is 0.0552. The second-order valence-corrected chi connectivity index (χ2v) is 7.69. The minimum Gasteiger partial charge on any atom is -0.444 e. The number of carbonyl (C=O) groups is 1. The van der Waals surface area contributed by atoms with Gasteiger partial charge in [-0.05, 0) is 33.6 Å². The molecule has 0 bridgehead atoms. The maximum absolute atomic E-state index is 12.7. The molecule has 0 saturated heterocycles. The van der Waals surface area contributed by atoms with E-state index in [1.807, 2.05) is 0 Å². The van der Waals surface area contributed by atoms with Gasteiger partial charge in [0.1, 0.15) is 5.60 Å². The first-order valence-electron chi connectivity index (χ1n) is 7.00. The van der Waals surface area contributed by atoms with Crippen LogP contribution < -0.4 is 0 Å². The summed E-state index contributed by atoms with van der Waals surface area (Å²) in [6, 6.07) is -0.0552. The second-order valence-electron chi connectivity index (χ2n) is 6.21. The molecule has 0 atom stereocenters. The summed E-state index contributed by atoms with van der Waals surface area (Å²) >= 11 is 0. The van der Waals surface area contributed by atoms with Crippen LogP contribution in [0.1, 0.15) is 52.9 Å². The zero-order valence-electron chi connectivity index (χ0n) is 12.4. The Kier molecular flexibility index (Phi) is 5.79. The summed E-state index contributed by atoms with van der Waals surface area (Å²) < 4.78 is 39.4. The zero-order chi connectivity index (χ0) is 15.4. The fourth-order valence-corrected chi connectivity index (χ4v) is 2.76. The SMILES string of the molecule is CC(C)(C)OC(=O)N(CCS(=O)(=O)F)C1CCCCC1. The molecule has 0 spiro atoms. The summed E-state index contributed by atoms with van der Waals surface area (Å²) in [5.41, 5.74) is -0.654. The molecule has 1 aliphatic rings. The van der Waals surface area contributed by atoms with Crippen molar-refractivity contribution < 1.29 is 21.8 Å². The van der Waals surface area contributed by atoms with E-state index in [-0.39, 0.29) is 12.6 Å². The van der Waals surface area contributed by atoms with E-state index in [0.717, 1.165) is 32.1 Å². The molecule has 20 heavy (non-hydrogen) atoms. The fraction of sp³-hybridized carbons (Fsp3) is 0.923. The molecule has 1 fully saturated rings. The normalized spacial score (nSPS) is 17.8. The number of hydrogen-bond donors (Lipinski definition) is 0. The fourth-order valence-electron chi connectivity index (χ4n) is 2.34. The molecule has 1 saturated carbocycles. The summed E-state index contributed by atoms with van der Waals surface area (Å²) in [7, 11) is -4.58. The Bertz CT molecular complexity index is 424. The predicted molar refractivity (Wildman–Crippen MR) is 74.7 cm³/mol. The number of carbonyl (C=O) groups excluding carboxylic acids is 1. The quantitative estimate of drug-likeness (QED) is 0.749. The van der Waals surface area contributed by atoms with E-state index in [1.54, 1.807) is 20.8 Å². The number of hydrogen-bond acceptors (Lipinski definition) is 4. The molecule has 0 N–H and O–H groups in total. The third-order valence-corrected chi connectivity index (χ3v) is 3.89. The summed E-state index contributed by atoms with van der Waals surface area (Å²) in [5.74, 6) is -0.678. The zero-order valence-corrected chi connectivity index (χ0v) is 13.2. The standard InChI is InChI=1S/C13H24FNO4S/c1-13(2,3)19-12(16)15(9-10-20(14,17)18)11-7-5-4-6-8-11/h11H,4-10H2,1-3H3. The van der Waals surface area contributed by atoms with E-state index in [1.165, 1.54) is 4.90 Å². The van der Waals surface area contributed by atoms with Crippen molar-refractivity contribution in [3.63, 3.8) is 0 Å². The Hall–Kier alpha value is -0.850. The van der Waals surface area contributed by atoms with Gasteiger partial charge in [0.15, 0.2) is 0 Å². The van der Waals surface area contributed by atoms with Gasteiger partial charge in [0.25, 0.3) is 0 Å². The van der Waals surface area contributed by atoms with E-state index in [9.17, 15) is 17.1 Å². The maximum atomic E-state index is 12.7. The van der Waals surface area contributed by atoms with Gasteiger partial charge in [-0.3, -0.25) is 0 Å². The number of nitrogens with zero attached hydrogens (tertiary/aromatic N) is 1. The van der Waals surface area contributed by atoms with E-state index in [0.29, 0.717) is 0 Å². The van der Waals surface area contributed by atoms with Crippen LogP contribution in [0, 0.1) is 0 Å². The van der Waals surface area contributed by atoms with Gasteiger partial charge in [-0.25, -0.2) is 4.79 Å². The van der Waals surface area contributed by atoms with Crippen LogP contribution in [0.4, 0.5) is 8.68 Å². The Morgan fingerprint density at radius 2 is 1.80 bits per heavy atom. The molecule has 0 aliphatic heterocycles. The summed E-state index contributed by atoms with van der Waals surface area (Å²) in [4.78, 5) is 13.5. The molecule has 1 amide bonds. The lowest BCUT2D eigenvalue weighted by Gasteiger charge is -2.35. The van der Waals surface area contributed by atoms with Gasteiger partial charge in [-0.15, -0.1) is 3.89 Å². The van der Waals surface area contributed by atoms with Gasteiger partial charge in [0.2, 0.25) is 0 Å².